The van der Waals surface area contributed by atoms with Crippen molar-refractivity contribution in [2.75, 3.05) is 0 Å². The summed E-state index contributed by atoms with van der Waals surface area (Å²) in [5.41, 5.74) is 8.96. The molecule has 0 fully saturated rings. The standard InChI is InChI=1S/C35H20NS2.C11H8N.Ir/c1-3-11-22(12-4-1)27-21-24(19-20-36-27)31-30(23-13-5-2-6-14-23)34-32(25-15-7-9-17-28(25)37-34)33-26-16-8-10-18-29(26)38-35(31)33;1-2-6-10(7-3-1)11-8-4-5-9-12-11;/h1-11,13-21H;1-6,8-9H;/q2*-1;. The van der Waals surface area contributed by atoms with Gasteiger partial charge in [0.2, 0.25) is 0 Å². The molecule has 1 radical (unpaired) electrons. The van der Waals surface area contributed by atoms with Crippen LogP contribution in [0.2, 0.25) is 0 Å². The van der Waals surface area contributed by atoms with Gasteiger partial charge in [-0.1, -0.05) is 84.9 Å². The summed E-state index contributed by atoms with van der Waals surface area (Å²) in [6.45, 7) is 0. The van der Waals surface area contributed by atoms with E-state index >= 15 is 0 Å². The first-order valence-electron chi connectivity index (χ1n) is 16.5. The normalized spacial score (nSPS) is 11.0. The van der Waals surface area contributed by atoms with Gasteiger partial charge in [-0.2, -0.15) is 0 Å². The van der Waals surface area contributed by atoms with Crippen LogP contribution in [-0.4, -0.2) is 9.97 Å². The molecule has 10 aromatic rings. The third kappa shape index (κ3) is 6.20. The van der Waals surface area contributed by atoms with Crippen LogP contribution in [0.25, 0.3) is 85.1 Å². The number of hydrogen-bond acceptors (Lipinski definition) is 4. The first-order valence-corrected chi connectivity index (χ1v) is 18.1. The Bertz CT molecular complexity index is 2700. The molecule has 0 aliphatic carbocycles. The number of rotatable bonds is 4. The fourth-order valence-corrected chi connectivity index (χ4v) is 9.25. The fraction of sp³-hybridized carbons (Fsp3) is 0. The summed E-state index contributed by atoms with van der Waals surface area (Å²) in [4.78, 5) is 8.95. The summed E-state index contributed by atoms with van der Waals surface area (Å²) in [5.74, 6) is 0. The van der Waals surface area contributed by atoms with Gasteiger partial charge in [0.1, 0.15) is 0 Å². The first-order chi connectivity index (χ1) is 24.8. The Morgan fingerprint density at radius 3 is 1.55 bits per heavy atom. The minimum absolute atomic E-state index is 0. The Balaban J connectivity index is 0.000000245. The van der Waals surface area contributed by atoms with Crippen LogP contribution < -0.4 is 0 Å². The van der Waals surface area contributed by atoms with Crippen LogP contribution in [-0.2, 0) is 20.1 Å². The molecule has 0 aliphatic heterocycles. The third-order valence-corrected chi connectivity index (χ3v) is 11.3. The Labute approximate surface area is 318 Å². The van der Waals surface area contributed by atoms with Crippen LogP contribution in [0.15, 0.2) is 170 Å². The summed E-state index contributed by atoms with van der Waals surface area (Å²) in [6.07, 6.45) is 3.73. The maximum atomic E-state index is 4.73. The predicted octanol–water partition coefficient (Wildman–Crippen LogP) is 13.2. The predicted molar refractivity (Wildman–Crippen MR) is 214 cm³/mol. The molecule has 2 nitrogen and oxygen atoms in total. The number of aromatic nitrogens is 2. The number of benzene rings is 6. The van der Waals surface area contributed by atoms with Crippen molar-refractivity contribution in [2.24, 2.45) is 0 Å². The molecule has 0 saturated carbocycles. The summed E-state index contributed by atoms with van der Waals surface area (Å²) in [6, 6.07) is 61.2. The molecule has 6 aromatic carbocycles. The van der Waals surface area contributed by atoms with E-state index < -0.39 is 0 Å². The Morgan fingerprint density at radius 2 is 0.961 bits per heavy atom. The average Bonchev–Trinajstić information content (AvgIpc) is 3.78. The number of thiophene rings is 2. The molecule has 0 unspecified atom stereocenters. The van der Waals surface area contributed by atoms with E-state index in [9.17, 15) is 0 Å². The molecule has 245 valence electrons. The molecule has 0 amide bonds. The van der Waals surface area contributed by atoms with Crippen molar-refractivity contribution in [1.29, 1.82) is 0 Å². The smallest absolute Gasteiger partial charge is 0.0447 e. The molecular formula is C46H28IrN2S2-2. The van der Waals surface area contributed by atoms with Crippen molar-refractivity contribution in [3.05, 3.63) is 182 Å². The molecule has 0 spiro atoms. The van der Waals surface area contributed by atoms with E-state index in [4.69, 9.17) is 4.98 Å². The average molecular weight is 865 g/mol. The van der Waals surface area contributed by atoms with Crippen molar-refractivity contribution in [1.82, 2.24) is 9.97 Å². The van der Waals surface area contributed by atoms with Gasteiger partial charge in [-0.25, -0.2) is 0 Å². The van der Waals surface area contributed by atoms with Gasteiger partial charge >= 0.3 is 0 Å². The second kappa shape index (κ2) is 14.5. The molecule has 0 atom stereocenters. The number of fused-ring (bicyclic) bond motifs is 7. The Hall–Kier alpha value is -5.29. The van der Waals surface area contributed by atoms with Crippen LogP contribution >= 0.6 is 22.7 Å². The third-order valence-electron chi connectivity index (χ3n) is 8.89. The number of pyridine rings is 2. The molecule has 5 heteroatoms. The van der Waals surface area contributed by atoms with Gasteiger partial charge in [-0.05, 0) is 46.8 Å². The first kappa shape index (κ1) is 32.9. The number of nitrogens with zero attached hydrogens (tertiary/aromatic N) is 2. The Morgan fingerprint density at radius 1 is 0.431 bits per heavy atom. The van der Waals surface area contributed by atoms with Crippen LogP contribution in [0.4, 0.5) is 0 Å². The minimum atomic E-state index is 0. The monoisotopic (exact) mass is 865 g/mol. The van der Waals surface area contributed by atoms with E-state index in [1.165, 1.54) is 62.6 Å². The molecule has 0 aliphatic rings. The maximum absolute atomic E-state index is 4.73. The zero-order valence-corrected chi connectivity index (χ0v) is 31.2. The molecule has 0 bridgehead atoms. The topological polar surface area (TPSA) is 25.8 Å². The second-order valence-electron chi connectivity index (χ2n) is 11.9. The van der Waals surface area contributed by atoms with Gasteiger partial charge in [-0.3, -0.25) is 0 Å². The van der Waals surface area contributed by atoms with E-state index in [2.05, 4.69) is 114 Å². The van der Waals surface area contributed by atoms with Gasteiger partial charge in [0.25, 0.3) is 0 Å². The van der Waals surface area contributed by atoms with Crippen LogP contribution in [0, 0.1) is 12.1 Å². The molecule has 10 rings (SSSR count). The van der Waals surface area contributed by atoms with E-state index in [-0.39, 0.29) is 20.1 Å². The Kier molecular flexibility index (Phi) is 9.36. The summed E-state index contributed by atoms with van der Waals surface area (Å²) in [7, 11) is 0. The molecular weight excluding hydrogens is 837 g/mol. The van der Waals surface area contributed by atoms with Crippen molar-refractivity contribution < 1.29 is 20.1 Å². The van der Waals surface area contributed by atoms with Crippen molar-refractivity contribution in [3.63, 3.8) is 0 Å². The van der Waals surface area contributed by atoms with Crippen LogP contribution in [0.3, 0.4) is 0 Å². The van der Waals surface area contributed by atoms with E-state index in [1.807, 2.05) is 89.5 Å². The van der Waals surface area contributed by atoms with Gasteiger partial charge in [0, 0.05) is 84.0 Å². The number of hydrogen-bond donors (Lipinski definition) is 0. The molecule has 0 N–H and O–H groups in total. The van der Waals surface area contributed by atoms with E-state index in [0.29, 0.717) is 0 Å². The summed E-state index contributed by atoms with van der Waals surface area (Å²) < 4.78 is 5.31. The van der Waals surface area contributed by atoms with Gasteiger partial charge in [-0.15, -0.1) is 94.5 Å². The minimum Gasteiger partial charge on any atom is -0.305 e. The fourth-order valence-electron chi connectivity index (χ4n) is 6.68. The van der Waals surface area contributed by atoms with E-state index in [1.54, 1.807) is 6.20 Å². The molecule has 51 heavy (non-hydrogen) atoms. The van der Waals surface area contributed by atoms with Gasteiger partial charge < -0.3 is 9.97 Å². The van der Waals surface area contributed by atoms with Crippen LogP contribution in [0.1, 0.15) is 0 Å². The van der Waals surface area contributed by atoms with Gasteiger partial charge in [0.15, 0.2) is 0 Å². The summed E-state index contributed by atoms with van der Waals surface area (Å²) in [5, 5.41) is 5.38. The quantitative estimate of drug-likeness (QED) is 0.165. The molecule has 0 saturated heterocycles. The van der Waals surface area contributed by atoms with Crippen LogP contribution in [0.5, 0.6) is 0 Å². The molecule has 4 aromatic heterocycles. The largest absolute Gasteiger partial charge is 0.305 e. The van der Waals surface area contributed by atoms with E-state index in [0.717, 1.165) is 22.5 Å². The SMILES string of the molecule is [Ir].[c-]1ccccc1-c1cc(-c2c(-c3ccccc3)c3sc4ccccc4c3c3c2sc2ccccc23)ccn1.[c-]1ccccc1-c1ccccn1. The van der Waals surface area contributed by atoms with Crippen molar-refractivity contribution >= 4 is 63.0 Å². The zero-order chi connectivity index (χ0) is 33.3. The maximum Gasteiger partial charge on any atom is 0.0447 e. The van der Waals surface area contributed by atoms with Gasteiger partial charge in [0.05, 0.1) is 0 Å². The zero-order valence-electron chi connectivity index (χ0n) is 27.2. The second-order valence-corrected chi connectivity index (χ2v) is 14.0. The van der Waals surface area contributed by atoms with Crippen molar-refractivity contribution in [2.45, 2.75) is 0 Å². The summed E-state index contributed by atoms with van der Waals surface area (Å²) >= 11 is 3.80. The molecule has 4 heterocycles. The van der Waals surface area contributed by atoms with Crippen molar-refractivity contribution in [3.8, 4) is 44.8 Å².